The first kappa shape index (κ1) is 16.6. The van der Waals surface area contributed by atoms with Crippen molar-refractivity contribution in [3.05, 3.63) is 14.7 Å². The fraction of sp³-hybridized carbons (Fsp3) is 0.500. The minimum atomic E-state index is -3.79. The van der Waals surface area contributed by atoms with Gasteiger partial charge in [-0.2, -0.15) is 0 Å². The third-order valence-corrected chi connectivity index (χ3v) is 6.12. The Balaban J connectivity index is 3.08. The Kier molecular flexibility index (Phi) is 5.93. The van der Waals surface area contributed by atoms with Gasteiger partial charge in [0.25, 0.3) is 0 Å². The summed E-state index contributed by atoms with van der Waals surface area (Å²) in [7, 11) is -2.57. The van der Waals surface area contributed by atoms with Crippen molar-refractivity contribution < 1.29 is 23.1 Å². The minimum absolute atomic E-state index is 0.0372. The van der Waals surface area contributed by atoms with Crippen LogP contribution in [0.3, 0.4) is 0 Å². The van der Waals surface area contributed by atoms with Gasteiger partial charge in [-0.3, -0.25) is 0 Å². The van der Waals surface area contributed by atoms with Gasteiger partial charge in [-0.1, -0.05) is 6.92 Å². The highest BCUT2D eigenvalue weighted by molar-refractivity contribution is 9.11. The number of halogens is 1. The van der Waals surface area contributed by atoms with Crippen LogP contribution in [0.2, 0.25) is 0 Å². The Morgan fingerprint density at radius 3 is 2.74 bits per heavy atom. The van der Waals surface area contributed by atoms with Gasteiger partial charge in [0.05, 0.1) is 17.5 Å². The molecule has 108 valence electrons. The van der Waals surface area contributed by atoms with Gasteiger partial charge in [0.15, 0.2) is 0 Å². The molecule has 9 heteroatoms. The van der Waals surface area contributed by atoms with Crippen molar-refractivity contribution >= 4 is 43.3 Å². The van der Waals surface area contributed by atoms with Gasteiger partial charge in [-0.05, 0) is 28.4 Å². The number of sulfonamides is 1. The standard InChI is InChI=1S/C10H14BrNO5S2/c1-3-6(5-13)12-19(15,16)8-4-7(10(14)17-2)18-9(8)11/h4,6,12-13H,3,5H2,1-2H3/t6-/m1/s1. The van der Waals surface area contributed by atoms with Crippen LogP contribution in [0.5, 0.6) is 0 Å². The van der Waals surface area contributed by atoms with Crippen LogP contribution < -0.4 is 4.72 Å². The number of methoxy groups -OCH3 is 1. The second-order valence-electron chi connectivity index (χ2n) is 3.65. The average Bonchev–Trinajstić information content (AvgIpc) is 2.78. The Labute approximate surface area is 124 Å². The molecular formula is C10H14BrNO5S2. The summed E-state index contributed by atoms with van der Waals surface area (Å²) in [6.45, 7) is 1.47. The Morgan fingerprint density at radius 2 is 2.26 bits per heavy atom. The van der Waals surface area contributed by atoms with E-state index in [1.807, 2.05) is 0 Å². The van der Waals surface area contributed by atoms with E-state index >= 15 is 0 Å². The molecule has 1 atom stereocenters. The monoisotopic (exact) mass is 371 g/mol. The first-order valence-electron chi connectivity index (χ1n) is 5.36. The number of esters is 1. The van der Waals surface area contributed by atoms with Gasteiger partial charge >= 0.3 is 5.97 Å². The molecule has 0 unspecified atom stereocenters. The molecule has 0 spiro atoms. The lowest BCUT2D eigenvalue weighted by atomic mass is 10.3. The largest absolute Gasteiger partial charge is 0.465 e. The van der Waals surface area contributed by atoms with Crippen molar-refractivity contribution in [3.63, 3.8) is 0 Å². The molecule has 1 aromatic heterocycles. The smallest absolute Gasteiger partial charge is 0.348 e. The summed E-state index contributed by atoms with van der Waals surface area (Å²) < 4.78 is 31.4. The maximum Gasteiger partial charge on any atom is 0.348 e. The van der Waals surface area contributed by atoms with Crippen molar-refractivity contribution in [3.8, 4) is 0 Å². The van der Waals surface area contributed by atoms with E-state index in [9.17, 15) is 13.2 Å². The van der Waals surface area contributed by atoms with Crippen molar-refractivity contribution in [2.24, 2.45) is 0 Å². The highest BCUT2D eigenvalue weighted by Gasteiger charge is 2.25. The molecule has 0 aliphatic carbocycles. The molecule has 1 heterocycles. The highest BCUT2D eigenvalue weighted by Crippen LogP contribution is 2.32. The minimum Gasteiger partial charge on any atom is -0.465 e. The van der Waals surface area contributed by atoms with E-state index in [0.29, 0.717) is 10.2 Å². The van der Waals surface area contributed by atoms with Crippen molar-refractivity contribution in [1.82, 2.24) is 4.72 Å². The number of hydrogen-bond acceptors (Lipinski definition) is 6. The lowest BCUT2D eigenvalue weighted by Crippen LogP contribution is -2.36. The summed E-state index contributed by atoms with van der Waals surface area (Å²) >= 11 is 4.09. The SMILES string of the molecule is CC[C@H](CO)NS(=O)(=O)c1cc(C(=O)OC)sc1Br. The second kappa shape index (κ2) is 6.80. The van der Waals surface area contributed by atoms with Gasteiger partial charge in [0, 0.05) is 6.04 Å². The molecule has 0 fully saturated rings. The average molecular weight is 372 g/mol. The van der Waals surface area contributed by atoms with E-state index in [2.05, 4.69) is 25.4 Å². The Hall–Kier alpha value is -0.480. The van der Waals surface area contributed by atoms with Crippen LogP contribution in [-0.4, -0.2) is 39.3 Å². The van der Waals surface area contributed by atoms with Crippen LogP contribution >= 0.6 is 27.3 Å². The number of aliphatic hydroxyl groups is 1. The van der Waals surface area contributed by atoms with Crippen LogP contribution in [0.25, 0.3) is 0 Å². The lowest BCUT2D eigenvalue weighted by Gasteiger charge is -2.13. The molecule has 0 amide bonds. The Morgan fingerprint density at radius 1 is 1.63 bits per heavy atom. The molecular weight excluding hydrogens is 358 g/mol. The lowest BCUT2D eigenvalue weighted by molar-refractivity contribution is 0.0606. The van der Waals surface area contributed by atoms with Gasteiger partial charge in [0.2, 0.25) is 10.0 Å². The zero-order valence-corrected chi connectivity index (χ0v) is 13.6. The first-order valence-corrected chi connectivity index (χ1v) is 8.45. The number of nitrogens with one attached hydrogen (secondary N) is 1. The number of rotatable bonds is 6. The zero-order chi connectivity index (χ0) is 14.6. The molecule has 0 bridgehead atoms. The maximum atomic E-state index is 12.1. The fourth-order valence-electron chi connectivity index (χ4n) is 1.27. The normalized spacial score (nSPS) is 13.3. The quantitative estimate of drug-likeness (QED) is 0.736. The van der Waals surface area contributed by atoms with Crippen molar-refractivity contribution in [2.45, 2.75) is 24.3 Å². The third-order valence-electron chi connectivity index (χ3n) is 2.37. The molecule has 1 aromatic rings. The van der Waals surface area contributed by atoms with Gasteiger partial charge in [-0.25, -0.2) is 17.9 Å². The maximum absolute atomic E-state index is 12.1. The number of carbonyl (C=O) groups is 1. The zero-order valence-electron chi connectivity index (χ0n) is 10.3. The fourth-order valence-corrected chi connectivity index (χ4v) is 5.06. The summed E-state index contributed by atoms with van der Waals surface area (Å²) in [5, 5.41) is 9.03. The molecule has 0 saturated heterocycles. The number of thiophene rings is 1. The van der Waals surface area contributed by atoms with E-state index in [1.54, 1.807) is 6.92 Å². The first-order chi connectivity index (χ1) is 8.85. The molecule has 19 heavy (non-hydrogen) atoms. The van der Waals surface area contributed by atoms with Gasteiger partial charge in [-0.15, -0.1) is 11.3 Å². The summed E-state index contributed by atoms with van der Waals surface area (Å²) in [6.07, 6.45) is 0.460. The van der Waals surface area contributed by atoms with E-state index in [1.165, 1.54) is 13.2 Å². The van der Waals surface area contributed by atoms with E-state index in [4.69, 9.17) is 5.11 Å². The predicted molar refractivity (Wildman–Crippen MR) is 74.8 cm³/mol. The van der Waals surface area contributed by atoms with Gasteiger partial charge < -0.3 is 9.84 Å². The number of aliphatic hydroxyl groups excluding tert-OH is 1. The highest BCUT2D eigenvalue weighted by atomic mass is 79.9. The van der Waals surface area contributed by atoms with Crippen LogP contribution in [-0.2, 0) is 14.8 Å². The molecule has 1 rings (SSSR count). The molecule has 0 aliphatic rings. The topological polar surface area (TPSA) is 92.7 Å². The van der Waals surface area contributed by atoms with E-state index in [0.717, 1.165) is 11.3 Å². The van der Waals surface area contributed by atoms with Gasteiger partial charge in [0.1, 0.15) is 9.77 Å². The Bertz CT molecular complexity index is 550. The van der Waals surface area contributed by atoms with Crippen LogP contribution in [0.15, 0.2) is 14.7 Å². The van der Waals surface area contributed by atoms with E-state index in [-0.39, 0.29) is 16.4 Å². The molecule has 0 aliphatic heterocycles. The summed E-state index contributed by atoms with van der Waals surface area (Å²) in [5.74, 6) is -0.596. The van der Waals surface area contributed by atoms with Crippen LogP contribution in [0, 0.1) is 0 Å². The third kappa shape index (κ3) is 3.99. The molecule has 0 saturated carbocycles. The summed E-state index contributed by atoms with van der Waals surface area (Å²) in [5.41, 5.74) is 0. The number of hydrogen-bond donors (Lipinski definition) is 2. The van der Waals surface area contributed by atoms with E-state index < -0.39 is 22.0 Å². The molecule has 0 radical (unpaired) electrons. The number of carbonyl (C=O) groups excluding carboxylic acids is 1. The molecule has 2 N–H and O–H groups in total. The summed E-state index contributed by atoms with van der Waals surface area (Å²) in [4.78, 5) is 11.5. The van der Waals surface area contributed by atoms with Crippen molar-refractivity contribution in [1.29, 1.82) is 0 Å². The van der Waals surface area contributed by atoms with Crippen LogP contribution in [0.4, 0.5) is 0 Å². The predicted octanol–water partition coefficient (Wildman–Crippen LogP) is 1.35. The molecule has 6 nitrogen and oxygen atoms in total. The second-order valence-corrected chi connectivity index (χ2v) is 7.70. The van der Waals surface area contributed by atoms with Crippen molar-refractivity contribution in [2.75, 3.05) is 13.7 Å². The molecule has 0 aromatic carbocycles. The number of ether oxygens (including phenoxy) is 1. The summed E-state index contributed by atoms with van der Waals surface area (Å²) in [6, 6.07) is 0.686. The van der Waals surface area contributed by atoms with Crippen LogP contribution in [0.1, 0.15) is 23.0 Å².